The fourth-order valence-corrected chi connectivity index (χ4v) is 2.29. The third-order valence-corrected chi connectivity index (χ3v) is 3.44. The standard InChI is InChI=1S/C18H17N3O4/c1-11-7-12(2)21(18(23)15(11)9-19)20-10-14-5-6-16(25-13(3)22)17(8-14)24-4/h5-8,10H,1-4H3. The van der Waals surface area contributed by atoms with Crippen LogP contribution in [-0.2, 0) is 4.79 Å². The van der Waals surface area contributed by atoms with Gasteiger partial charge in [0.15, 0.2) is 11.5 Å². The summed E-state index contributed by atoms with van der Waals surface area (Å²) in [6, 6.07) is 8.50. The summed E-state index contributed by atoms with van der Waals surface area (Å²) in [5, 5.41) is 13.3. The highest BCUT2D eigenvalue weighted by atomic mass is 16.6. The van der Waals surface area contributed by atoms with Gasteiger partial charge in [-0.05, 0) is 49.2 Å². The average Bonchev–Trinajstić information content (AvgIpc) is 2.55. The molecule has 0 aliphatic carbocycles. The molecule has 0 bridgehead atoms. The van der Waals surface area contributed by atoms with Crippen LogP contribution in [0.3, 0.4) is 0 Å². The number of rotatable bonds is 4. The van der Waals surface area contributed by atoms with E-state index < -0.39 is 11.5 Å². The number of esters is 1. The molecule has 0 aliphatic rings. The highest BCUT2D eigenvalue weighted by Gasteiger charge is 2.10. The Balaban J connectivity index is 2.42. The van der Waals surface area contributed by atoms with Crippen molar-refractivity contribution in [1.82, 2.24) is 4.68 Å². The first-order valence-corrected chi connectivity index (χ1v) is 7.41. The Morgan fingerprint density at radius 3 is 2.60 bits per heavy atom. The lowest BCUT2D eigenvalue weighted by molar-refractivity contribution is -0.132. The molecule has 0 radical (unpaired) electrons. The molecule has 2 aromatic rings. The maximum Gasteiger partial charge on any atom is 0.308 e. The molecule has 1 heterocycles. The van der Waals surface area contributed by atoms with Crippen molar-refractivity contribution in [3.63, 3.8) is 0 Å². The van der Waals surface area contributed by atoms with Gasteiger partial charge in [0, 0.05) is 12.6 Å². The van der Waals surface area contributed by atoms with E-state index in [0.29, 0.717) is 28.3 Å². The zero-order chi connectivity index (χ0) is 18.6. The zero-order valence-electron chi connectivity index (χ0n) is 14.4. The molecule has 1 aromatic carbocycles. The van der Waals surface area contributed by atoms with Crippen LogP contribution in [0.5, 0.6) is 11.5 Å². The number of nitriles is 1. The molecule has 0 saturated heterocycles. The second-order valence-electron chi connectivity index (χ2n) is 5.32. The van der Waals surface area contributed by atoms with Crippen LogP contribution in [0.25, 0.3) is 0 Å². The number of nitrogens with zero attached hydrogens (tertiary/aromatic N) is 3. The molecule has 0 atom stereocenters. The fourth-order valence-electron chi connectivity index (χ4n) is 2.29. The quantitative estimate of drug-likeness (QED) is 0.483. The molecule has 1 aromatic heterocycles. The molecule has 25 heavy (non-hydrogen) atoms. The van der Waals surface area contributed by atoms with Crippen LogP contribution in [0.2, 0.25) is 0 Å². The topological polar surface area (TPSA) is 93.7 Å². The number of hydrogen-bond acceptors (Lipinski definition) is 6. The molecule has 0 spiro atoms. The van der Waals surface area contributed by atoms with Gasteiger partial charge in [-0.3, -0.25) is 9.59 Å². The van der Waals surface area contributed by atoms with E-state index in [1.54, 1.807) is 38.1 Å². The first-order valence-electron chi connectivity index (χ1n) is 7.41. The molecule has 128 valence electrons. The van der Waals surface area contributed by atoms with E-state index in [0.717, 1.165) is 4.68 Å². The SMILES string of the molecule is COc1cc(C=Nn2c(C)cc(C)c(C#N)c2=O)ccc1OC(C)=O. The molecule has 0 fully saturated rings. The molecular weight excluding hydrogens is 322 g/mol. The summed E-state index contributed by atoms with van der Waals surface area (Å²) >= 11 is 0. The van der Waals surface area contributed by atoms with E-state index in [1.807, 2.05) is 6.07 Å². The third kappa shape index (κ3) is 3.93. The number of ether oxygens (including phenoxy) is 2. The minimum Gasteiger partial charge on any atom is -0.493 e. The lowest BCUT2D eigenvalue weighted by Gasteiger charge is -2.09. The number of benzene rings is 1. The highest BCUT2D eigenvalue weighted by molar-refractivity contribution is 5.81. The summed E-state index contributed by atoms with van der Waals surface area (Å²) in [4.78, 5) is 23.4. The lowest BCUT2D eigenvalue weighted by Crippen LogP contribution is -2.22. The number of methoxy groups -OCH3 is 1. The molecule has 2 rings (SSSR count). The average molecular weight is 339 g/mol. The maximum absolute atomic E-state index is 12.3. The second kappa shape index (κ2) is 7.45. The minimum absolute atomic E-state index is 0.0607. The minimum atomic E-state index is -0.472. The van der Waals surface area contributed by atoms with Crippen molar-refractivity contribution in [1.29, 1.82) is 5.26 Å². The third-order valence-electron chi connectivity index (χ3n) is 3.44. The summed E-state index contributed by atoms with van der Waals surface area (Å²) in [5.74, 6) is 0.207. The van der Waals surface area contributed by atoms with Crippen LogP contribution in [0.4, 0.5) is 0 Å². The van der Waals surface area contributed by atoms with Gasteiger partial charge in [-0.15, -0.1) is 0 Å². The van der Waals surface area contributed by atoms with Crippen molar-refractivity contribution in [3.8, 4) is 17.6 Å². The molecule has 7 nitrogen and oxygen atoms in total. The van der Waals surface area contributed by atoms with E-state index in [2.05, 4.69) is 5.10 Å². The summed E-state index contributed by atoms with van der Waals surface area (Å²) < 4.78 is 11.4. The maximum atomic E-state index is 12.3. The van der Waals surface area contributed by atoms with Crippen molar-refractivity contribution in [3.05, 3.63) is 57.0 Å². The number of aryl methyl sites for hydroxylation is 2. The number of carbonyl (C=O) groups is 1. The van der Waals surface area contributed by atoms with Crippen molar-refractivity contribution in [2.45, 2.75) is 20.8 Å². The van der Waals surface area contributed by atoms with Crippen LogP contribution in [0.1, 0.15) is 29.3 Å². The Hall–Kier alpha value is -3.40. The zero-order valence-corrected chi connectivity index (χ0v) is 14.4. The van der Waals surface area contributed by atoms with Crippen molar-refractivity contribution >= 4 is 12.2 Å². The molecule has 7 heteroatoms. The molecular formula is C18H17N3O4. The van der Waals surface area contributed by atoms with Crippen LogP contribution < -0.4 is 15.0 Å². The largest absolute Gasteiger partial charge is 0.493 e. The molecule has 0 saturated carbocycles. The van der Waals surface area contributed by atoms with Gasteiger partial charge >= 0.3 is 5.97 Å². The number of aromatic nitrogens is 1. The Morgan fingerprint density at radius 2 is 2.00 bits per heavy atom. The van der Waals surface area contributed by atoms with Crippen LogP contribution in [0, 0.1) is 25.2 Å². The Labute approximate surface area is 144 Å². The summed E-state index contributed by atoms with van der Waals surface area (Å²) in [6.45, 7) is 4.74. The van der Waals surface area contributed by atoms with Gasteiger partial charge in [0.1, 0.15) is 11.6 Å². The van der Waals surface area contributed by atoms with E-state index in [4.69, 9.17) is 14.7 Å². The molecule has 0 amide bonds. The van der Waals surface area contributed by atoms with Crippen molar-refractivity contribution in [2.24, 2.45) is 5.10 Å². The van der Waals surface area contributed by atoms with Crippen molar-refractivity contribution < 1.29 is 14.3 Å². The van der Waals surface area contributed by atoms with Gasteiger partial charge in [-0.25, -0.2) is 4.68 Å². The van der Waals surface area contributed by atoms with Crippen LogP contribution in [0.15, 0.2) is 34.2 Å². The number of pyridine rings is 1. The highest BCUT2D eigenvalue weighted by Crippen LogP contribution is 2.27. The predicted octanol–water partition coefficient (Wildman–Crippen LogP) is 2.15. The normalized spacial score (nSPS) is 10.5. The molecule has 0 unspecified atom stereocenters. The summed E-state index contributed by atoms with van der Waals surface area (Å²) in [5.41, 5.74) is 1.45. The second-order valence-corrected chi connectivity index (χ2v) is 5.32. The molecule has 0 N–H and O–H groups in total. The summed E-state index contributed by atoms with van der Waals surface area (Å²) in [7, 11) is 1.46. The smallest absolute Gasteiger partial charge is 0.308 e. The van der Waals surface area contributed by atoms with E-state index in [1.165, 1.54) is 20.2 Å². The Bertz CT molecular complexity index is 952. The Morgan fingerprint density at radius 1 is 1.28 bits per heavy atom. The lowest BCUT2D eigenvalue weighted by atomic mass is 10.1. The number of carbonyl (C=O) groups excluding carboxylic acids is 1. The van der Waals surface area contributed by atoms with Gasteiger partial charge in [0.05, 0.1) is 13.3 Å². The summed E-state index contributed by atoms with van der Waals surface area (Å²) in [6.07, 6.45) is 1.46. The first-order chi connectivity index (χ1) is 11.9. The van der Waals surface area contributed by atoms with E-state index in [9.17, 15) is 9.59 Å². The monoisotopic (exact) mass is 339 g/mol. The van der Waals surface area contributed by atoms with Gasteiger partial charge in [0.25, 0.3) is 5.56 Å². The van der Waals surface area contributed by atoms with Gasteiger partial charge < -0.3 is 9.47 Å². The molecule has 0 aliphatic heterocycles. The fraction of sp³-hybridized carbons (Fsp3) is 0.222. The van der Waals surface area contributed by atoms with Crippen LogP contribution in [-0.4, -0.2) is 24.0 Å². The van der Waals surface area contributed by atoms with E-state index >= 15 is 0 Å². The van der Waals surface area contributed by atoms with Gasteiger partial charge in [0.2, 0.25) is 0 Å². The van der Waals surface area contributed by atoms with Gasteiger partial charge in [-0.1, -0.05) is 0 Å². The first kappa shape index (κ1) is 17.9. The van der Waals surface area contributed by atoms with Crippen LogP contribution >= 0.6 is 0 Å². The van der Waals surface area contributed by atoms with Gasteiger partial charge in [-0.2, -0.15) is 10.4 Å². The predicted molar refractivity (Wildman–Crippen MR) is 92.2 cm³/mol. The van der Waals surface area contributed by atoms with E-state index in [-0.39, 0.29) is 5.56 Å². The Kier molecular flexibility index (Phi) is 5.35. The van der Waals surface area contributed by atoms with Crippen molar-refractivity contribution in [2.75, 3.05) is 7.11 Å². The number of hydrogen-bond donors (Lipinski definition) is 0.